The van der Waals surface area contributed by atoms with Crippen LogP contribution in [0.3, 0.4) is 0 Å². The lowest BCUT2D eigenvalue weighted by Gasteiger charge is -2.27. The van der Waals surface area contributed by atoms with Crippen LogP contribution in [-0.4, -0.2) is 50.6 Å². The van der Waals surface area contributed by atoms with Crippen molar-refractivity contribution in [2.45, 2.75) is 59.7 Å². The molecule has 0 aliphatic carbocycles. The van der Waals surface area contributed by atoms with Gasteiger partial charge in [-0.25, -0.2) is 23.9 Å². The van der Waals surface area contributed by atoms with Crippen molar-refractivity contribution in [3.8, 4) is 0 Å². The first-order chi connectivity index (χ1) is 13.7. The van der Waals surface area contributed by atoms with E-state index < -0.39 is 29.4 Å². The highest BCUT2D eigenvalue weighted by Crippen LogP contribution is 2.28. The van der Waals surface area contributed by atoms with Gasteiger partial charge in [0, 0.05) is 6.20 Å². The van der Waals surface area contributed by atoms with Crippen LogP contribution in [-0.2, 0) is 14.2 Å². The van der Waals surface area contributed by atoms with Crippen LogP contribution in [0.1, 0.15) is 58.8 Å². The highest BCUT2D eigenvalue weighted by molar-refractivity contribution is 9.10. The van der Waals surface area contributed by atoms with Crippen molar-refractivity contribution in [1.29, 1.82) is 0 Å². The summed E-state index contributed by atoms with van der Waals surface area (Å²) in [6.07, 6.45) is -0.587. The Morgan fingerprint density at radius 3 is 2.07 bits per heavy atom. The summed E-state index contributed by atoms with van der Waals surface area (Å²) in [4.78, 5) is 43.4. The Morgan fingerprint density at radius 2 is 1.60 bits per heavy atom. The van der Waals surface area contributed by atoms with E-state index in [1.807, 2.05) is 0 Å². The highest BCUT2D eigenvalue weighted by Gasteiger charge is 2.39. The quantitative estimate of drug-likeness (QED) is 0.359. The minimum Gasteiger partial charge on any atom is -0.462 e. The van der Waals surface area contributed by atoms with Crippen molar-refractivity contribution < 1.29 is 28.6 Å². The largest absolute Gasteiger partial charge is 0.462 e. The van der Waals surface area contributed by atoms with E-state index in [4.69, 9.17) is 14.2 Å². The summed E-state index contributed by atoms with van der Waals surface area (Å²) in [6, 6.07) is 1.59. The molecular weight excluding hydrogens is 460 g/mol. The number of hydrogen-bond acceptors (Lipinski definition) is 8. The number of rotatable bonds is 3. The first kappa shape index (κ1) is 23.6. The molecule has 2 heterocycles. The van der Waals surface area contributed by atoms with E-state index in [1.165, 1.54) is 10.7 Å². The third-order valence-corrected chi connectivity index (χ3v) is 3.72. The number of esters is 1. The van der Waals surface area contributed by atoms with Crippen LogP contribution in [0.4, 0.5) is 15.4 Å². The van der Waals surface area contributed by atoms with E-state index in [2.05, 4.69) is 26.0 Å². The summed E-state index contributed by atoms with van der Waals surface area (Å²) >= 11 is 3.24. The third kappa shape index (κ3) is 5.68. The van der Waals surface area contributed by atoms with Crippen molar-refractivity contribution in [2.24, 2.45) is 0 Å². The standard InChI is InChI=1S/C19H25BrN4O6/c1-8-28-15(25)12-13-21-11(20)9-10-23(13)22-14(12)24(16(26)29-18(2,3)4)17(27)30-19(5,6)7/h9-10H,8H2,1-7H3. The topological polar surface area (TPSA) is 112 Å². The van der Waals surface area contributed by atoms with Crippen LogP contribution < -0.4 is 4.90 Å². The summed E-state index contributed by atoms with van der Waals surface area (Å²) < 4.78 is 17.5. The predicted molar refractivity (Wildman–Crippen MR) is 112 cm³/mol. The van der Waals surface area contributed by atoms with Gasteiger partial charge in [0.05, 0.1) is 6.61 Å². The van der Waals surface area contributed by atoms with Gasteiger partial charge >= 0.3 is 18.2 Å². The lowest BCUT2D eigenvalue weighted by Crippen LogP contribution is -2.44. The molecule has 2 aromatic heterocycles. The zero-order chi connectivity index (χ0) is 22.9. The summed E-state index contributed by atoms with van der Waals surface area (Å²) in [6.45, 7) is 11.6. The van der Waals surface area contributed by atoms with Crippen molar-refractivity contribution in [1.82, 2.24) is 14.6 Å². The molecule has 2 rings (SSSR count). The van der Waals surface area contributed by atoms with Gasteiger partial charge in [0.1, 0.15) is 21.4 Å². The maximum Gasteiger partial charge on any atom is 0.425 e. The number of ether oxygens (including phenoxy) is 3. The van der Waals surface area contributed by atoms with Crippen molar-refractivity contribution in [3.05, 3.63) is 22.4 Å². The van der Waals surface area contributed by atoms with Crippen LogP contribution in [0.2, 0.25) is 0 Å². The fourth-order valence-corrected chi connectivity index (χ4v) is 2.59. The predicted octanol–water partition coefficient (Wildman–Crippen LogP) is 4.35. The molecule has 0 fully saturated rings. The van der Waals surface area contributed by atoms with Crippen LogP contribution in [0.25, 0.3) is 5.65 Å². The molecule has 164 valence electrons. The molecular formula is C19H25BrN4O6. The minimum atomic E-state index is -1.05. The normalized spacial score (nSPS) is 11.9. The average molecular weight is 485 g/mol. The number of aromatic nitrogens is 3. The molecule has 2 amide bonds. The van der Waals surface area contributed by atoms with Crippen molar-refractivity contribution >= 4 is 45.6 Å². The number of hydrogen-bond donors (Lipinski definition) is 0. The monoisotopic (exact) mass is 484 g/mol. The van der Waals surface area contributed by atoms with E-state index >= 15 is 0 Å². The molecule has 0 aromatic carbocycles. The maximum atomic E-state index is 12.9. The molecule has 0 bridgehead atoms. The van der Waals surface area contributed by atoms with Crippen molar-refractivity contribution in [2.75, 3.05) is 11.5 Å². The number of halogens is 1. The molecule has 0 unspecified atom stereocenters. The number of carbonyl (C=O) groups excluding carboxylic acids is 3. The summed E-state index contributed by atoms with van der Waals surface area (Å²) in [5.41, 5.74) is -1.91. The maximum absolute atomic E-state index is 12.9. The van der Waals surface area contributed by atoms with Gasteiger partial charge < -0.3 is 14.2 Å². The van der Waals surface area contributed by atoms with Gasteiger partial charge in [0.15, 0.2) is 11.5 Å². The average Bonchev–Trinajstić information content (AvgIpc) is 2.89. The van der Waals surface area contributed by atoms with E-state index in [9.17, 15) is 14.4 Å². The van der Waals surface area contributed by atoms with Gasteiger partial charge in [-0.15, -0.1) is 5.10 Å². The minimum absolute atomic E-state index is 0.0719. The smallest absolute Gasteiger partial charge is 0.425 e. The molecule has 0 spiro atoms. The lowest BCUT2D eigenvalue weighted by atomic mass is 10.2. The molecule has 30 heavy (non-hydrogen) atoms. The number of amides is 2. The fourth-order valence-electron chi connectivity index (χ4n) is 2.30. The molecule has 2 aromatic rings. The third-order valence-electron chi connectivity index (χ3n) is 3.28. The van der Waals surface area contributed by atoms with Crippen LogP contribution in [0.15, 0.2) is 16.9 Å². The van der Waals surface area contributed by atoms with Crippen LogP contribution in [0.5, 0.6) is 0 Å². The molecule has 0 radical (unpaired) electrons. The molecule has 10 nitrogen and oxygen atoms in total. The highest BCUT2D eigenvalue weighted by atomic mass is 79.9. The molecule has 0 aliphatic rings. The molecule has 0 atom stereocenters. The van der Waals surface area contributed by atoms with E-state index in [0.29, 0.717) is 9.50 Å². The Labute approximate surface area is 182 Å². The first-order valence-electron chi connectivity index (χ1n) is 9.21. The van der Waals surface area contributed by atoms with Gasteiger partial charge in [-0.3, -0.25) is 0 Å². The second kappa shape index (κ2) is 8.58. The molecule has 0 N–H and O–H groups in total. The summed E-state index contributed by atoms with van der Waals surface area (Å²) in [7, 11) is 0. The van der Waals surface area contributed by atoms with Crippen molar-refractivity contribution in [3.63, 3.8) is 0 Å². The number of fused-ring (bicyclic) bond motifs is 1. The molecule has 0 saturated carbocycles. The zero-order valence-electron chi connectivity index (χ0n) is 18.0. The Bertz CT molecular complexity index is 946. The van der Waals surface area contributed by atoms with Gasteiger partial charge in [-0.1, -0.05) is 0 Å². The Balaban J connectivity index is 2.72. The molecule has 0 saturated heterocycles. The number of nitrogens with zero attached hydrogens (tertiary/aromatic N) is 4. The Hall–Kier alpha value is -2.69. The SMILES string of the molecule is CCOC(=O)c1c(N(C(=O)OC(C)(C)C)C(=O)OC(C)(C)C)nn2ccc(Br)nc12. The van der Waals surface area contributed by atoms with Gasteiger partial charge in [0.2, 0.25) is 0 Å². The second-order valence-corrected chi connectivity index (χ2v) is 9.05. The number of carbonyl (C=O) groups is 3. The summed E-state index contributed by atoms with van der Waals surface area (Å²) in [5.74, 6) is -1.10. The summed E-state index contributed by atoms with van der Waals surface area (Å²) in [5, 5.41) is 4.22. The fraction of sp³-hybridized carbons (Fsp3) is 0.526. The second-order valence-electron chi connectivity index (χ2n) is 8.23. The van der Waals surface area contributed by atoms with Gasteiger partial charge in [-0.2, -0.15) is 4.90 Å². The lowest BCUT2D eigenvalue weighted by molar-refractivity contribution is 0.0428. The van der Waals surface area contributed by atoms with Gasteiger partial charge in [-0.05, 0) is 70.5 Å². The Morgan fingerprint density at radius 1 is 1.07 bits per heavy atom. The molecule has 0 aliphatic heterocycles. The number of anilines is 1. The van der Waals surface area contributed by atoms with E-state index in [1.54, 1.807) is 54.5 Å². The number of imide groups is 1. The van der Waals surface area contributed by atoms with Gasteiger partial charge in [0.25, 0.3) is 0 Å². The van der Waals surface area contributed by atoms with E-state index in [0.717, 1.165) is 0 Å². The van der Waals surface area contributed by atoms with Crippen LogP contribution >= 0.6 is 15.9 Å². The first-order valence-corrected chi connectivity index (χ1v) is 10.0. The molecule has 11 heteroatoms. The Kier molecular flexibility index (Phi) is 6.75. The van der Waals surface area contributed by atoms with Crippen LogP contribution in [0, 0.1) is 0 Å². The van der Waals surface area contributed by atoms with E-state index in [-0.39, 0.29) is 23.6 Å². The zero-order valence-corrected chi connectivity index (χ0v) is 19.6.